The topological polar surface area (TPSA) is 63.7 Å². The second-order valence-corrected chi connectivity index (χ2v) is 5.35. The van der Waals surface area contributed by atoms with E-state index in [1.165, 1.54) is 0 Å². The van der Waals surface area contributed by atoms with Gasteiger partial charge in [-0.2, -0.15) is 5.26 Å². The lowest BCUT2D eigenvalue weighted by atomic mass is 9.95. The quantitative estimate of drug-likeness (QED) is 0.722. The van der Waals surface area contributed by atoms with E-state index in [-0.39, 0.29) is 23.1 Å². The zero-order chi connectivity index (χ0) is 12.0. The molecule has 5 nitrogen and oxygen atoms in total. The predicted octanol–water partition coefficient (Wildman–Crippen LogP) is 1.67. The zero-order valence-corrected chi connectivity index (χ0v) is 10.1. The van der Waals surface area contributed by atoms with Crippen molar-refractivity contribution in [3.63, 3.8) is 0 Å². The molecule has 1 aliphatic heterocycles. The highest BCUT2D eigenvalue weighted by Gasteiger charge is 2.47. The normalized spacial score (nSPS) is 26.6. The molecule has 0 saturated carbocycles. The van der Waals surface area contributed by atoms with Crippen LogP contribution in [0, 0.1) is 11.3 Å². The van der Waals surface area contributed by atoms with Crippen molar-refractivity contribution in [3.05, 3.63) is 12.2 Å². The summed E-state index contributed by atoms with van der Waals surface area (Å²) in [6.07, 6.45) is 2.48. The fourth-order valence-corrected chi connectivity index (χ4v) is 2.42. The van der Waals surface area contributed by atoms with Gasteiger partial charge < -0.3 is 4.74 Å². The average molecular weight is 220 g/mol. The Morgan fingerprint density at radius 1 is 1.50 bits per heavy atom. The van der Waals surface area contributed by atoms with Crippen LogP contribution in [0.15, 0.2) is 6.33 Å². The molecule has 0 aliphatic carbocycles. The van der Waals surface area contributed by atoms with E-state index in [0.717, 1.165) is 6.42 Å². The molecule has 0 aromatic carbocycles. The maximum absolute atomic E-state index is 8.71. The van der Waals surface area contributed by atoms with Crippen LogP contribution in [-0.4, -0.2) is 26.0 Å². The van der Waals surface area contributed by atoms with Crippen molar-refractivity contribution in [1.82, 2.24) is 14.8 Å². The minimum absolute atomic E-state index is 0.122. The lowest BCUT2D eigenvalue weighted by Gasteiger charge is -2.26. The van der Waals surface area contributed by atoms with Crippen molar-refractivity contribution < 1.29 is 4.74 Å². The van der Waals surface area contributed by atoms with Crippen LogP contribution in [0.4, 0.5) is 0 Å². The summed E-state index contributed by atoms with van der Waals surface area (Å²) >= 11 is 0. The number of nitriles is 1. The minimum Gasteiger partial charge on any atom is -0.367 e. The Morgan fingerprint density at radius 2 is 2.19 bits per heavy atom. The number of nitrogens with zero attached hydrogens (tertiary/aromatic N) is 4. The second kappa shape index (κ2) is 3.29. The van der Waals surface area contributed by atoms with Gasteiger partial charge in [0.25, 0.3) is 5.82 Å². The maximum Gasteiger partial charge on any atom is 0.252 e. The molecule has 2 heterocycles. The van der Waals surface area contributed by atoms with E-state index >= 15 is 0 Å². The van der Waals surface area contributed by atoms with E-state index in [0.29, 0.717) is 0 Å². The third-order valence-electron chi connectivity index (χ3n) is 2.95. The van der Waals surface area contributed by atoms with E-state index in [1.54, 1.807) is 11.0 Å². The molecular weight excluding hydrogens is 204 g/mol. The third kappa shape index (κ3) is 1.81. The molecule has 1 aliphatic rings. The monoisotopic (exact) mass is 220 g/mol. The Hall–Kier alpha value is -1.41. The van der Waals surface area contributed by atoms with Gasteiger partial charge in [-0.25, -0.2) is 9.67 Å². The molecule has 1 unspecified atom stereocenters. The Morgan fingerprint density at radius 3 is 2.62 bits per heavy atom. The van der Waals surface area contributed by atoms with Crippen molar-refractivity contribution in [3.8, 4) is 6.07 Å². The van der Waals surface area contributed by atoms with Gasteiger partial charge >= 0.3 is 0 Å². The molecule has 1 aromatic rings. The van der Waals surface area contributed by atoms with Gasteiger partial charge in [0.2, 0.25) is 0 Å². The van der Waals surface area contributed by atoms with Crippen LogP contribution < -0.4 is 0 Å². The highest BCUT2D eigenvalue weighted by molar-refractivity contribution is 5.07. The number of hydrogen-bond donors (Lipinski definition) is 0. The summed E-state index contributed by atoms with van der Waals surface area (Å²) in [5, 5.41) is 12.8. The van der Waals surface area contributed by atoms with Gasteiger partial charge in [0.15, 0.2) is 0 Å². The van der Waals surface area contributed by atoms with Crippen LogP contribution in [0.5, 0.6) is 0 Å². The number of aromatic nitrogens is 3. The zero-order valence-electron chi connectivity index (χ0n) is 10.1. The first kappa shape index (κ1) is 11.1. The summed E-state index contributed by atoms with van der Waals surface area (Å²) in [5.74, 6) is 0.209. The molecule has 0 radical (unpaired) electrons. The van der Waals surface area contributed by atoms with Crippen LogP contribution >= 0.6 is 0 Å². The summed E-state index contributed by atoms with van der Waals surface area (Å²) in [6.45, 7) is 8.22. The Balaban J connectivity index is 2.31. The Labute approximate surface area is 95.0 Å². The first-order valence-electron chi connectivity index (χ1n) is 5.35. The van der Waals surface area contributed by atoms with Crippen LogP contribution in [0.25, 0.3) is 0 Å². The van der Waals surface area contributed by atoms with Gasteiger partial charge in [-0.3, -0.25) is 0 Å². The highest BCUT2D eigenvalue weighted by Crippen LogP contribution is 2.44. The minimum atomic E-state index is -0.288. The molecule has 0 bridgehead atoms. The molecular formula is C11H16N4O. The Bertz CT molecular complexity index is 441. The molecule has 1 atom stereocenters. The standard InChI is InChI=1S/C11H16N4O/c1-10(2)5-8(11(3,4)16-10)15-7-13-9(6-12)14-15/h7-8H,5H2,1-4H3. The van der Waals surface area contributed by atoms with Gasteiger partial charge in [0.05, 0.1) is 17.2 Å². The van der Waals surface area contributed by atoms with Gasteiger partial charge in [0.1, 0.15) is 12.4 Å². The molecule has 0 amide bonds. The van der Waals surface area contributed by atoms with Crippen LogP contribution in [0.3, 0.4) is 0 Å². The van der Waals surface area contributed by atoms with E-state index < -0.39 is 0 Å². The molecule has 0 N–H and O–H groups in total. The maximum atomic E-state index is 8.71. The fraction of sp³-hybridized carbons (Fsp3) is 0.727. The first-order valence-corrected chi connectivity index (χ1v) is 5.35. The van der Waals surface area contributed by atoms with E-state index in [2.05, 4.69) is 23.9 Å². The summed E-state index contributed by atoms with van der Waals surface area (Å²) in [4.78, 5) is 3.93. The van der Waals surface area contributed by atoms with Crippen LogP contribution in [0.2, 0.25) is 0 Å². The van der Waals surface area contributed by atoms with Gasteiger partial charge in [-0.15, -0.1) is 5.10 Å². The van der Waals surface area contributed by atoms with Crippen LogP contribution in [0.1, 0.15) is 46.0 Å². The van der Waals surface area contributed by atoms with Crippen molar-refractivity contribution in [1.29, 1.82) is 5.26 Å². The fourth-order valence-electron chi connectivity index (χ4n) is 2.42. The summed E-state index contributed by atoms with van der Waals surface area (Å²) in [7, 11) is 0. The molecule has 5 heteroatoms. The largest absolute Gasteiger partial charge is 0.367 e. The van der Waals surface area contributed by atoms with Gasteiger partial charge in [-0.05, 0) is 27.7 Å². The van der Waals surface area contributed by atoms with E-state index in [1.807, 2.05) is 19.9 Å². The highest BCUT2D eigenvalue weighted by atomic mass is 16.5. The van der Waals surface area contributed by atoms with Crippen molar-refractivity contribution >= 4 is 0 Å². The lowest BCUT2D eigenvalue weighted by Crippen LogP contribution is -2.31. The first-order chi connectivity index (χ1) is 7.34. The number of ether oxygens (including phenoxy) is 1. The van der Waals surface area contributed by atoms with Crippen molar-refractivity contribution in [2.24, 2.45) is 0 Å². The molecule has 16 heavy (non-hydrogen) atoms. The van der Waals surface area contributed by atoms with Gasteiger partial charge in [0, 0.05) is 6.42 Å². The number of rotatable bonds is 1. The van der Waals surface area contributed by atoms with Crippen LogP contribution in [-0.2, 0) is 4.74 Å². The summed E-state index contributed by atoms with van der Waals surface area (Å²) in [5.41, 5.74) is -0.448. The van der Waals surface area contributed by atoms with Crippen molar-refractivity contribution in [2.45, 2.75) is 51.4 Å². The predicted molar refractivity (Wildman–Crippen MR) is 57.6 cm³/mol. The molecule has 2 rings (SSSR count). The molecule has 86 valence electrons. The smallest absolute Gasteiger partial charge is 0.252 e. The number of hydrogen-bond acceptors (Lipinski definition) is 4. The third-order valence-corrected chi connectivity index (χ3v) is 2.95. The van der Waals surface area contributed by atoms with Crippen molar-refractivity contribution in [2.75, 3.05) is 0 Å². The van der Waals surface area contributed by atoms with Gasteiger partial charge in [-0.1, -0.05) is 0 Å². The second-order valence-electron chi connectivity index (χ2n) is 5.35. The Kier molecular flexibility index (Phi) is 2.28. The summed E-state index contributed by atoms with van der Waals surface area (Å²) in [6, 6.07) is 2.06. The SMILES string of the molecule is CC1(C)CC(n2cnc(C#N)n2)C(C)(C)O1. The van der Waals surface area contributed by atoms with E-state index in [9.17, 15) is 0 Å². The molecule has 1 fully saturated rings. The lowest BCUT2D eigenvalue weighted by molar-refractivity contribution is -0.0737. The van der Waals surface area contributed by atoms with E-state index in [4.69, 9.17) is 10.00 Å². The molecule has 0 spiro atoms. The molecule has 1 saturated heterocycles. The molecule has 1 aromatic heterocycles. The average Bonchev–Trinajstić information content (AvgIpc) is 2.67. The summed E-state index contributed by atoms with van der Waals surface area (Å²) < 4.78 is 7.72.